The van der Waals surface area contributed by atoms with Gasteiger partial charge in [0.25, 0.3) is 11.6 Å². The van der Waals surface area contributed by atoms with Crippen LogP contribution in [-0.2, 0) is 16.2 Å². The average Bonchev–Trinajstić information content (AvgIpc) is 2.74. The maximum Gasteiger partial charge on any atom is 0.416 e. The molecule has 0 aliphatic carbocycles. The van der Waals surface area contributed by atoms with Crippen LogP contribution < -0.4 is 15.4 Å². The first-order chi connectivity index (χ1) is 15.0. The van der Waals surface area contributed by atoms with Gasteiger partial charge in [-0.1, -0.05) is 13.0 Å². The highest BCUT2D eigenvalue weighted by Crippen LogP contribution is 2.34. The summed E-state index contributed by atoms with van der Waals surface area (Å²) in [7, 11) is -3.75. The first kappa shape index (κ1) is 25.1. The zero-order valence-electron chi connectivity index (χ0n) is 16.9. The maximum absolute atomic E-state index is 12.8. The molecule has 3 N–H and O–H groups in total. The summed E-state index contributed by atoms with van der Waals surface area (Å²) < 4.78 is 65.0. The lowest BCUT2D eigenvalue weighted by molar-refractivity contribution is -0.384. The number of carbonyl (C=O) groups excluding carboxylic acids is 1. The van der Waals surface area contributed by atoms with Crippen molar-refractivity contribution in [2.45, 2.75) is 24.4 Å². The van der Waals surface area contributed by atoms with Crippen molar-refractivity contribution in [3.8, 4) is 0 Å². The van der Waals surface area contributed by atoms with Gasteiger partial charge in [0.1, 0.15) is 5.69 Å². The van der Waals surface area contributed by atoms with Crippen molar-refractivity contribution in [1.29, 1.82) is 0 Å². The summed E-state index contributed by atoms with van der Waals surface area (Å²) in [6, 6.07) is 7.48. The number of carbonyl (C=O) groups is 1. The number of halogens is 3. The van der Waals surface area contributed by atoms with Crippen molar-refractivity contribution in [2.75, 3.05) is 25.0 Å². The number of anilines is 1. The van der Waals surface area contributed by atoms with Crippen LogP contribution in [0.2, 0.25) is 0 Å². The summed E-state index contributed by atoms with van der Waals surface area (Å²) >= 11 is 0. The number of nitrogens with zero attached hydrogens (tertiary/aromatic N) is 1. The van der Waals surface area contributed by atoms with E-state index in [4.69, 9.17) is 0 Å². The molecular formula is C19H21F3N4O5S. The van der Waals surface area contributed by atoms with Crippen molar-refractivity contribution in [2.24, 2.45) is 0 Å². The Kier molecular flexibility index (Phi) is 8.16. The molecule has 0 unspecified atom stereocenters. The number of alkyl halides is 3. The third-order valence-electron chi connectivity index (χ3n) is 4.20. The van der Waals surface area contributed by atoms with Gasteiger partial charge in [0.15, 0.2) is 0 Å². The van der Waals surface area contributed by atoms with Crippen LogP contribution in [0.1, 0.15) is 29.3 Å². The molecule has 0 fully saturated rings. The molecular weight excluding hydrogens is 453 g/mol. The molecule has 0 radical (unpaired) electrons. The van der Waals surface area contributed by atoms with Crippen LogP contribution in [0.3, 0.4) is 0 Å². The van der Waals surface area contributed by atoms with Crippen LogP contribution in [0.4, 0.5) is 24.5 Å². The van der Waals surface area contributed by atoms with Gasteiger partial charge in [0, 0.05) is 31.3 Å². The summed E-state index contributed by atoms with van der Waals surface area (Å²) in [5.74, 6) is -0.582. The molecule has 9 nitrogen and oxygen atoms in total. The molecule has 32 heavy (non-hydrogen) atoms. The smallest absolute Gasteiger partial charge is 0.378 e. The molecule has 0 aliphatic rings. The fourth-order valence-electron chi connectivity index (χ4n) is 2.61. The highest BCUT2D eigenvalue weighted by molar-refractivity contribution is 7.89. The van der Waals surface area contributed by atoms with Gasteiger partial charge in [0.05, 0.1) is 15.4 Å². The number of amides is 1. The van der Waals surface area contributed by atoms with Crippen LogP contribution >= 0.6 is 0 Å². The van der Waals surface area contributed by atoms with E-state index in [0.717, 1.165) is 6.07 Å². The summed E-state index contributed by atoms with van der Waals surface area (Å²) in [6.45, 7) is 2.01. The second-order valence-electron chi connectivity index (χ2n) is 6.60. The fourth-order valence-corrected chi connectivity index (χ4v) is 3.79. The monoisotopic (exact) mass is 474 g/mol. The molecule has 1 amide bonds. The maximum atomic E-state index is 12.8. The van der Waals surface area contributed by atoms with Crippen LogP contribution in [0, 0.1) is 10.1 Å². The van der Waals surface area contributed by atoms with Crippen molar-refractivity contribution in [3.63, 3.8) is 0 Å². The Morgan fingerprint density at radius 1 is 1.09 bits per heavy atom. The Bertz CT molecular complexity index is 1090. The zero-order chi connectivity index (χ0) is 23.9. The molecule has 2 aromatic rings. The van der Waals surface area contributed by atoms with E-state index in [1.54, 1.807) is 6.92 Å². The minimum Gasteiger partial charge on any atom is -0.378 e. The molecule has 13 heteroatoms. The third-order valence-corrected chi connectivity index (χ3v) is 5.66. The van der Waals surface area contributed by atoms with E-state index < -0.39 is 38.3 Å². The lowest BCUT2D eigenvalue weighted by Gasteiger charge is -2.11. The number of hydrogen-bond donors (Lipinski definition) is 3. The van der Waals surface area contributed by atoms with Gasteiger partial charge in [-0.15, -0.1) is 0 Å². The molecule has 0 aromatic heterocycles. The molecule has 0 saturated heterocycles. The first-order valence-electron chi connectivity index (χ1n) is 9.43. The van der Waals surface area contributed by atoms with Gasteiger partial charge in [-0.3, -0.25) is 14.9 Å². The third kappa shape index (κ3) is 6.65. The number of nitro groups is 1. The van der Waals surface area contributed by atoms with Crippen LogP contribution in [-0.4, -0.2) is 38.9 Å². The number of nitro benzene ring substituents is 1. The van der Waals surface area contributed by atoms with Crippen molar-refractivity contribution < 1.29 is 31.3 Å². The highest BCUT2D eigenvalue weighted by atomic mass is 32.2. The summed E-state index contributed by atoms with van der Waals surface area (Å²) in [5.41, 5.74) is -1.94. The molecule has 0 saturated carbocycles. The molecule has 174 valence electrons. The van der Waals surface area contributed by atoms with Crippen molar-refractivity contribution in [3.05, 3.63) is 63.7 Å². The molecule has 0 heterocycles. The Hall–Kier alpha value is -3.19. The highest BCUT2D eigenvalue weighted by Gasteiger charge is 2.33. The number of nitrogens with one attached hydrogen (secondary N) is 3. The van der Waals surface area contributed by atoms with Gasteiger partial charge in [-0.25, -0.2) is 13.1 Å². The molecule has 0 aliphatic heterocycles. The fraction of sp³-hybridized carbons (Fsp3) is 0.316. The van der Waals surface area contributed by atoms with Crippen LogP contribution in [0.5, 0.6) is 0 Å². The lowest BCUT2D eigenvalue weighted by atomic mass is 10.1. The second-order valence-corrected chi connectivity index (χ2v) is 8.36. The largest absolute Gasteiger partial charge is 0.416 e. The summed E-state index contributed by atoms with van der Waals surface area (Å²) in [6.07, 6.45) is -4.12. The number of hydrogen-bond acceptors (Lipinski definition) is 6. The quantitative estimate of drug-likeness (QED) is 0.276. The predicted octanol–water partition coefficient (Wildman–Crippen LogP) is 3.14. The van der Waals surface area contributed by atoms with E-state index in [2.05, 4.69) is 15.4 Å². The lowest BCUT2D eigenvalue weighted by Crippen LogP contribution is -2.29. The Morgan fingerprint density at radius 2 is 1.81 bits per heavy atom. The topological polar surface area (TPSA) is 130 Å². The van der Waals surface area contributed by atoms with Gasteiger partial charge in [-0.05, 0) is 36.8 Å². The molecule has 0 atom stereocenters. The minimum atomic E-state index is -4.72. The van der Waals surface area contributed by atoms with Crippen LogP contribution in [0.15, 0.2) is 47.4 Å². The van der Waals surface area contributed by atoms with Gasteiger partial charge < -0.3 is 10.6 Å². The van der Waals surface area contributed by atoms with Gasteiger partial charge in [0.2, 0.25) is 10.0 Å². The zero-order valence-corrected chi connectivity index (χ0v) is 17.7. The molecule has 0 spiro atoms. The normalized spacial score (nSPS) is 11.8. The standard InChI is InChI=1S/C19H21F3N4O5S/c1-2-8-25-32(30,31)15-5-3-4-13(11-15)18(27)24-10-9-23-16-7-6-14(19(20,21)22)12-17(16)26(28)29/h3-7,11-12,23,25H,2,8-10H2,1H3,(H,24,27). The number of benzene rings is 2. The van der Waals surface area contributed by atoms with E-state index in [-0.39, 0.29) is 35.8 Å². The van der Waals surface area contributed by atoms with E-state index in [1.807, 2.05) is 0 Å². The van der Waals surface area contributed by atoms with Crippen molar-refractivity contribution >= 4 is 27.3 Å². The Balaban J connectivity index is 2.00. The van der Waals surface area contributed by atoms with E-state index >= 15 is 0 Å². The van der Waals surface area contributed by atoms with Crippen molar-refractivity contribution in [1.82, 2.24) is 10.0 Å². The molecule has 2 rings (SSSR count). The SMILES string of the molecule is CCCNS(=O)(=O)c1cccc(C(=O)NCCNc2ccc(C(F)(F)F)cc2[N+](=O)[O-])c1. The first-order valence-corrected chi connectivity index (χ1v) is 10.9. The second kappa shape index (κ2) is 10.4. The van der Waals surface area contributed by atoms with E-state index in [0.29, 0.717) is 18.6 Å². The summed E-state index contributed by atoms with van der Waals surface area (Å²) in [4.78, 5) is 22.4. The van der Waals surface area contributed by atoms with Gasteiger partial charge in [-0.2, -0.15) is 13.2 Å². The number of rotatable bonds is 10. The van der Waals surface area contributed by atoms with E-state index in [1.165, 1.54) is 24.3 Å². The molecule has 0 bridgehead atoms. The minimum absolute atomic E-state index is 0.0199. The van der Waals surface area contributed by atoms with E-state index in [9.17, 15) is 36.5 Å². The molecule has 2 aromatic carbocycles. The average molecular weight is 474 g/mol. The van der Waals surface area contributed by atoms with Gasteiger partial charge >= 0.3 is 6.18 Å². The Morgan fingerprint density at radius 3 is 2.44 bits per heavy atom. The Labute approximate surface area is 182 Å². The summed E-state index contributed by atoms with van der Waals surface area (Å²) in [5, 5.41) is 16.2. The predicted molar refractivity (Wildman–Crippen MR) is 111 cm³/mol. The van der Waals surface area contributed by atoms with Crippen LogP contribution in [0.25, 0.3) is 0 Å². The number of sulfonamides is 1.